The molecule has 0 aromatic heterocycles. The smallest absolute Gasteiger partial charge is 0.211 e. The van der Waals surface area contributed by atoms with E-state index in [2.05, 4.69) is 27.6 Å². The Balaban J connectivity index is 2.64. The van der Waals surface area contributed by atoms with Crippen molar-refractivity contribution in [2.24, 2.45) is 5.92 Å². The minimum Gasteiger partial charge on any atom is -0.211 e. The van der Waals surface area contributed by atoms with Gasteiger partial charge in [-0.3, -0.25) is 0 Å². The topological polar surface area (TPSA) is 46.2 Å². The number of hydrogen-bond acceptors (Lipinski definition) is 2. The van der Waals surface area contributed by atoms with Crippen LogP contribution in [0.2, 0.25) is 5.02 Å². The summed E-state index contributed by atoms with van der Waals surface area (Å²) in [5, 5.41) is 0.901. The number of rotatable bonds is 7. The average molecular weight is 373 g/mol. The lowest BCUT2D eigenvalue weighted by atomic mass is 10.1. The molecule has 0 amide bonds. The number of hydrogen-bond donors (Lipinski definition) is 1. The predicted molar refractivity (Wildman–Crippen MR) is 78.8 cm³/mol. The van der Waals surface area contributed by atoms with Gasteiger partial charge in [-0.2, -0.15) is 0 Å². The third kappa shape index (κ3) is 5.38. The van der Waals surface area contributed by atoms with E-state index in [1.807, 2.05) is 0 Å². The van der Waals surface area contributed by atoms with Crippen molar-refractivity contribution in [1.29, 1.82) is 0 Å². The summed E-state index contributed by atoms with van der Waals surface area (Å²) < 4.78 is 39.4. The fraction of sp³-hybridized carbons (Fsp3) is 0.500. The zero-order valence-corrected chi connectivity index (χ0v) is 13.7. The number of sulfonamides is 1. The molecule has 3 nitrogen and oxygen atoms in total. The molecule has 0 saturated heterocycles. The van der Waals surface area contributed by atoms with Gasteiger partial charge in [0.1, 0.15) is 10.7 Å². The highest BCUT2D eigenvalue weighted by Crippen LogP contribution is 2.22. The molecule has 1 atom stereocenters. The molecule has 0 saturated carbocycles. The number of benzene rings is 1. The van der Waals surface area contributed by atoms with Gasteiger partial charge in [0, 0.05) is 11.9 Å². The van der Waals surface area contributed by atoms with Gasteiger partial charge in [0.05, 0.1) is 5.02 Å². The molecule has 1 aromatic carbocycles. The van der Waals surface area contributed by atoms with Gasteiger partial charge in [-0.25, -0.2) is 17.5 Å². The first-order valence-electron chi connectivity index (χ1n) is 5.87. The van der Waals surface area contributed by atoms with Crippen molar-refractivity contribution in [3.8, 4) is 0 Å². The summed E-state index contributed by atoms with van der Waals surface area (Å²) in [6.07, 6.45) is 1.63. The standard InChI is InChI=1S/C12H16BrClFNO2S/c1-9(8-13)3-2-6-16-19(17,18)12-7-10(15)4-5-11(12)14/h4-5,7,9,16H,2-3,6,8H2,1H3. The number of nitrogens with one attached hydrogen (secondary N) is 1. The summed E-state index contributed by atoms with van der Waals surface area (Å²) in [4.78, 5) is -0.220. The van der Waals surface area contributed by atoms with Crippen LogP contribution < -0.4 is 4.72 Å². The van der Waals surface area contributed by atoms with Gasteiger partial charge in [0.2, 0.25) is 10.0 Å². The van der Waals surface area contributed by atoms with E-state index < -0.39 is 15.8 Å². The second-order valence-electron chi connectivity index (χ2n) is 4.37. The molecular weight excluding hydrogens is 357 g/mol. The summed E-state index contributed by atoms with van der Waals surface area (Å²) in [7, 11) is -3.75. The van der Waals surface area contributed by atoms with E-state index in [1.165, 1.54) is 6.07 Å². The Morgan fingerprint density at radius 2 is 2.16 bits per heavy atom. The normalized spacial score (nSPS) is 13.5. The predicted octanol–water partition coefficient (Wildman–Crippen LogP) is 3.57. The molecule has 0 spiro atoms. The highest BCUT2D eigenvalue weighted by atomic mass is 79.9. The van der Waals surface area contributed by atoms with E-state index in [0.29, 0.717) is 12.5 Å². The van der Waals surface area contributed by atoms with E-state index in [1.54, 1.807) is 0 Å². The second-order valence-corrected chi connectivity index (χ2v) is 7.16. The van der Waals surface area contributed by atoms with E-state index in [4.69, 9.17) is 11.6 Å². The molecule has 0 aliphatic rings. The zero-order chi connectivity index (χ0) is 14.5. The Morgan fingerprint density at radius 1 is 1.47 bits per heavy atom. The first-order valence-corrected chi connectivity index (χ1v) is 8.85. The first kappa shape index (κ1) is 16.9. The lowest BCUT2D eigenvalue weighted by Gasteiger charge is -2.10. The fourth-order valence-corrected chi connectivity index (χ4v) is 3.40. The summed E-state index contributed by atoms with van der Waals surface area (Å²) in [5.74, 6) is -0.139. The Kier molecular flexibility index (Phi) is 6.73. The Hall–Kier alpha value is -0.170. The molecule has 0 radical (unpaired) electrons. The maximum atomic E-state index is 13.1. The van der Waals surface area contributed by atoms with Gasteiger partial charge < -0.3 is 0 Å². The SMILES string of the molecule is CC(CBr)CCCNS(=O)(=O)c1cc(F)ccc1Cl. The van der Waals surface area contributed by atoms with Crippen LogP contribution in [0, 0.1) is 11.7 Å². The molecule has 0 fully saturated rings. The monoisotopic (exact) mass is 371 g/mol. The number of halogens is 3. The van der Waals surface area contributed by atoms with Crippen molar-refractivity contribution in [3.63, 3.8) is 0 Å². The largest absolute Gasteiger partial charge is 0.242 e. The van der Waals surface area contributed by atoms with Gasteiger partial charge in [-0.15, -0.1) is 0 Å². The third-order valence-electron chi connectivity index (χ3n) is 2.61. The van der Waals surface area contributed by atoms with Crippen LogP contribution in [0.5, 0.6) is 0 Å². The van der Waals surface area contributed by atoms with Crippen molar-refractivity contribution < 1.29 is 12.8 Å². The molecule has 0 bridgehead atoms. The zero-order valence-electron chi connectivity index (χ0n) is 10.5. The Bertz CT molecular complexity index is 524. The van der Waals surface area contributed by atoms with Crippen LogP contribution >= 0.6 is 27.5 Å². The van der Waals surface area contributed by atoms with Crippen molar-refractivity contribution in [3.05, 3.63) is 29.0 Å². The minimum absolute atomic E-state index is 0.0164. The van der Waals surface area contributed by atoms with Crippen LogP contribution in [-0.4, -0.2) is 20.3 Å². The highest BCUT2D eigenvalue weighted by Gasteiger charge is 2.18. The first-order chi connectivity index (χ1) is 8.86. The molecule has 1 N–H and O–H groups in total. The minimum atomic E-state index is -3.75. The molecule has 19 heavy (non-hydrogen) atoms. The van der Waals surface area contributed by atoms with Gasteiger partial charge in [0.15, 0.2) is 0 Å². The van der Waals surface area contributed by atoms with Gasteiger partial charge in [-0.1, -0.05) is 34.5 Å². The van der Waals surface area contributed by atoms with Crippen molar-refractivity contribution in [1.82, 2.24) is 4.72 Å². The van der Waals surface area contributed by atoms with Crippen LogP contribution in [0.15, 0.2) is 23.1 Å². The molecule has 0 aliphatic carbocycles. The summed E-state index contributed by atoms with van der Waals surface area (Å²) in [5.41, 5.74) is 0. The lowest BCUT2D eigenvalue weighted by molar-refractivity contribution is 0.546. The van der Waals surface area contributed by atoms with Crippen LogP contribution in [0.25, 0.3) is 0 Å². The Labute approximate surface area is 126 Å². The second kappa shape index (κ2) is 7.57. The van der Waals surface area contributed by atoms with Crippen molar-refractivity contribution >= 4 is 37.6 Å². The molecule has 1 unspecified atom stereocenters. The van der Waals surface area contributed by atoms with Crippen LogP contribution in [0.3, 0.4) is 0 Å². The van der Waals surface area contributed by atoms with Gasteiger partial charge in [-0.05, 0) is 37.0 Å². The summed E-state index contributed by atoms with van der Waals surface area (Å²) in [6, 6.07) is 3.28. The molecule has 7 heteroatoms. The quantitative estimate of drug-likeness (QED) is 0.587. The maximum Gasteiger partial charge on any atom is 0.242 e. The highest BCUT2D eigenvalue weighted by molar-refractivity contribution is 9.09. The molecular formula is C12H16BrClFNO2S. The van der Waals surface area contributed by atoms with Crippen LogP contribution in [0.1, 0.15) is 19.8 Å². The summed E-state index contributed by atoms with van der Waals surface area (Å²) in [6.45, 7) is 2.39. The number of alkyl halides is 1. The van der Waals surface area contributed by atoms with Crippen LogP contribution in [0.4, 0.5) is 4.39 Å². The van der Waals surface area contributed by atoms with E-state index in [0.717, 1.165) is 30.3 Å². The third-order valence-corrected chi connectivity index (χ3v) is 5.66. The molecule has 0 aliphatic heterocycles. The van der Waals surface area contributed by atoms with E-state index in [-0.39, 0.29) is 9.92 Å². The van der Waals surface area contributed by atoms with Crippen molar-refractivity contribution in [2.45, 2.75) is 24.7 Å². The Morgan fingerprint density at radius 3 is 2.79 bits per heavy atom. The summed E-state index contributed by atoms with van der Waals surface area (Å²) >= 11 is 9.14. The van der Waals surface area contributed by atoms with Gasteiger partial charge >= 0.3 is 0 Å². The molecule has 108 valence electrons. The average Bonchev–Trinajstić information content (AvgIpc) is 2.37. The molecule has 1 aromatic rings. The van der Waals surface area contributed by atoms with Crippen LogP contribution in [-0.2, 0) is 10.0 Å². The maximum absolute atomic E-state index is 13.1. The molecule has 0 heterocycles. The van der Waals surface area contributed by atoms with E-state index >= 15 is 0 Å². The molecule has 1 rings (SSSR count). The lowest BCUT2D eigenvalue weighted by Crippen LogP contribution is -2.25. The fourth-order valence-electron chi connectivity index (χ4n) is 1.50. The van der Waals surface area contributed by atoms with E-state index in [9.17, 15) is 12.8 Å². The van der Waals surface area contributed by atoms with Gasteiger partial charge in [0.25, 0.3) is 0 Å². The van der Waals surface area contributed by atoms with Crippen molar-refractivity contribution in [2.75, 3.05) is 11.9 Å².